The van der Waals surface area contributed by atoms with Gasteiger partial charge in [0.1, 0.15) is 0 Å². The molecule has 0 unspecified atom stereocenters. The Morgan fingerprint density at radius 3 is 0.455 bits per heavy atom. The van der Waals surface area contributed by atoms with Gasteiger partial charge >= 0.3 is 45.0 Å². The Morgan fingerprint density at radius 1 is 0.455 bits per heavy atom. The van der Waals surface area contributed by atoms with Gasteiger partial charge in [-0.25, -0.2) is 0 Å². The fourth-order valence-corrected chi connectivity index (χ4v) is 0. The quantitative estimate of drug-likeness (QED) is 0.197. The van der Waals surface area contributed by atoms with Crippen LogP contribution in [0, 0.1) is 45.0 Å². The topological polar surface area (TPSA) is 0 Å². The molecule has 11 heavy (non-hydrogen) atoms. The maximum absolute atomic E-state index is 2.40. The van der Waals surface area contributed by atoms with E-state index in [-0.39, 0.29) is 40.1 Å². The Bertz CT molecular complexity index is 55.1. The van der Waals surface area contributed by atoms with Crippen LogP contribution >= 0.6 is 179 Å². The summed E-state index contributed by atoms with van der Waals surface area (Å²) in [5.41, 5.74) is 0. The second kappa shape index (κ2) is 12.5. The minimum absolute atomic E-state index is 0. The van der Waals surface area contributed by atoms with Crippen molar-refractivity contribution < 1.29 is 45.0 Å². The van der Waals surface area contributed by atoms with Crippen LogP contribution in [-0.4, -0.2) is -4.86 Å². The number of hydrogen-bond donors (Lipinski definition) is 0. The molecule has 11 heteroatoms. The van der Waals surface area contributed by atoms with Gasteiger partial charge in [0.05, 0.1) is 0 Å². The van der Waals surface area contributed by atoms with E-state index in [4.69, 9.17) is 0 Å². The number of rotatable bonds is 0. The molecule has 0 amide bonds. The van der Waals surface area contributed by atoms with E-state index in [1.165, 1.54) is 0 Å². The molecule has 0 nitrogen and oxygen atoms in total. The molecule has 64 valence electrons. The second-order valence-corrected chi connectivity index (χ2v) is 44.5. The van der Waals surface area contributed by atoms with E-state index in [9.17, 15) is 0 Å². The summed E-state index contributed by atoms with van der Waals surface area (Å²) in [7, 11) is 0. The third-order valence-corrected chi connectivity index (χ3v) is 0. The average molecular weight is 1260 g/mol. The first-order valence-corrected chi connectivity index (χ1v) is 11.7. The summed E-state index contributed by atoms with van der Waals surface area (Å²) in [6.07, 6.45) is 0. The van der Waals surface area contributed by atoms with Gasteiger partial charge in [-0.3, -0.25) is 0 Å². The zero-order valence-electron chi connectivity index (χ0n) is 4.89. The molecular weight excluding hydrogens is 1260 g/mol. The van der Waals surface area contributed by atoms with Crippen LogP contribution in [0.1, 0.15) is 0 Å². The van der Waals surface area contributed by atoms with E-state index in [0.29, 0.717) is 0 Å². The van der Waals surface area contributed by atoms with Gasteiger partial charge in [0.25, 0.3) is 0 Å². The summed E-state index contributed by atoms with van der Waals surface area (Å²) in [6.45, 7) is 0. The maximum Gasteiger partial charge on any atom is 2.00 e. The summed E-state index contributed by atoms with van der Waals surface area (Å²) in [5, 5.41) is 0. The largest absolute Gasteiger partial charge is 2.00 e. The van der Waals surface area contributed by atoms with Crippen molar-refractivity contribution in [1.82, 2.24) is 0 Å². The third-order valence-electron chi connectivity index (χ3n) is 0. The summed E-state index contributed by atoms with van der Waals surface area (Å²) >= 11 is 19.2. The van der Waals surface area contributed by atoms with Gasteiger partial charge in [-0.2, -0.15) is 0 Å². The molecule has 0 bridgehead atoms. The normalized spacial score (nSPS) is 10.9. The number of halogens is 8. The van der Waals surface area contributed by atoms with E-state index in [0.717, 1.165) is 0 Å². The molecule has 0 aliphatic carbocycles. The zero-order chi connectivity index (χ0) is 9.00. The van der Waals surface area contributed by atoms with Crippen molar-refractivity contribution in [1.29, 1.82) is 0 Å². The van der Waals surface area contributed by atoms with Crippen molar-refractivity contribution in [3.63, 3.8) is 0 Å². The smallest absolute Gasteiger partial charge is 0.309 e. The monoisotopic (exact) mass is 1260 g/mol. The fraction of sp³-hybridized carbons (Fsp3) is 0. The minimum atomic E-state index is -0.120. The fourth-order valence-electron chi connectivity index (χ4n) is 0. The predicted octanol–water partition coefficient (Wildman–Crippen LogP) is 6.32. The molecule has 0 aromatic carbocycles. The summed E-state index contributed by atoms with van der Waals surface area (Å²) in [5.74, 6) is 0. The minimum Gasteiger partial charge on any atom is -0.309 e. The van der Waals surface area contributed by atoms with Gasteiger partial charge in [-0.15, -0.1) is 0 Å². The third kappa shape index (κ3) is 75.1. The Balaban J connectivity index is -0.000000107. The van der Waals surface area contributed by atoms with E-state index < -0.39 is 0 Å². The Kier molecular flexibility index (Phi) is 26.7. The zero-order valence-corrected chi connectivity index (χ0v) is 28.0. The molecule has 0 N–H and O–H groups in total. The molecule has 0 aliphatic heterocycles. The summed E-state index contributed by atoms with van der Waals surface area (Å²) < 4.78 is -0.240. The van der Waals surface area contributed by atoms with Gasteiger partial charge in [0, 0.05) is 0 Å². The van der Waals surface area contributed by atoms with Gasteiger partial charge in [0.15, 0.2) is 0 Å². The van der Waals surface area contributed by atoms with E-state index in [2.05, 4.69) is 179 Å². The Labute approximate surface area is 212 Å². The van der Waals surface area contributed by atoms with Crippen LogP contribution in [0.4, 0.5) is 0 Å². The van der Waals surface area contributed by atoms with Crippen molar-refractivity contribution in [3.8, 4) is 0 Å². The van der Waals surface area contributed by atoms with Gasteiger partial charge in [-0.1, -0.05) is 0 Å². The molecule has 0 radical (unpaired) electrons. The Morgan fingerprint density at radius 2 is 0.455 bits per heavy atom. The Hall–Kier alpha value is 7.44. The summed E-state index contributed by atoms with van der Waals surface area (Å²) in [6, 6.07) is 0. The maximum atomic E-state index is 2.40. The van der Waals surface area contributed by atoms with E-state index in [1.54, 1.807) is 0 Å². The predicted molar refractivity (Wildman–Crippen MR) is 124 cm³/mol. The van der Waals surface area contributed by atoms with Crippen molar-refractivity contribution in [2.45, 2.75) is 0 Å². The molecule has 0 fully saturated rings. The van der Waals surface area contributed by atoms with E-state index >= 15 is 0 Å². The molecule has 0 rings (SSSR count). The molecule has 0 aliphatic rings. The van der Waals surface area contributed by atoms with Crippen LogP contribution in [0.25, 0.3) is 0 Å². The van der Waals surface area contributed by atoms with Gasteiger partial charge in [0.2, 0.25) is -4.86 Å². The molecule has 0 saturated heterocycles. The van der Waals surface area contributed by atoms with Crippen molar-refractivity contribution >= 4 is 174 Å². The van der Waals surface area contributed by atoms with Crippen molar-refractivity contribution in [2.24, 2.45) is 0 Å². The van der Waals surface area contributed by atoms with Crippen LogP contribution in [0.15, 0.2) is 0 Å². The van der Waals surface area contributed by atoms with Crippen molar-refractivity contribution in [2.75, 3.05) is 0 Å². The molecule has 0 saturated carbocycles. The average Bonchev–Trinajstić information content (AvgIpc) is 1.12. The molecule has 0 heterocycles. The van der Waals surface area contributed by atoms with Crippen LogP contribution in [0.2, 0.25) is 0 Å². The first-order chi connectivity index (χ1) is 4.00. The van der Waals surface area contributed by atoms with Gasteiger partial charge in [-0.05, 0) is 0 Å². The SMILES string of the molecule is I[B-](I)(I)I.I[B-](I)(I)I.[Ra+2]. The van der Waals surface area contributed by atoms with Crippen LogP contribution in [0.3, 0.4) is 0 Å². The molecule has 0 aromatic heterocycles. The van der Waals surface area contributed by atoms with E-state index in [1.807, 2.05) is 0 Å². The first kappa shape index (κ1) is 23.5. The molecule has 0 spiro atoms. The van der Waals surface area contributed by atoms with Crippen LogP contribution < -0.4 is 0 Å². The standard InChI is InChI=1S/2BI4.Ra/c2*2-1(3,4)5;/q2*-1;+2. The molecular formula is B2I8Ra. The molecule has 0 atom stereocenters. The van der Waals surface area contributed by atoms with Crippen LogP contribution in [-0.2, 0) is 0 Å². The van der Waals surface area contributed by atoms with Gasteiger partial charge < -0.3 is 179 Å². The molecule has 0 aromatic rings. The number of hydrogen-bond acceptors (Lipinski definition) is 0. The van der Waals surface area contributed by atoms with Crippen molar-refractivity contribution in [3.05, 3.63) is 0 Å². The summed E-state index contributed by atoms with van der Waals surface area (Å²) in [4.78, 5) is 0. The second-order valence-electron chi connectivity index (χ2n) is 0.990. The first-order valence-electron chi connectivity index (χ1n) is 1.75. The van der Waals surface area contributed by atoms with Crippen LogP contribution in [0.5, 0.6) is 0 Å².